The van der Waals surface area contributed by atoms with Crippen LogP contribution in [-0.2, 0) is 4.74 Å². The molecule has 0 heterocycles. The first kappa shape index (κ1) is 14.0. The number of hydrogen-bond donors (Lipinski definition) is 1. The van der Waals surface area contributed by atoms with Crippen molar-refractivity contribution < 1.29 is 4.74 Å². The first-order valence-corrected chi connectivity index (χ1v) is 7.06. The first-order valence-electron chi connectivity index (χ1n) is 7.06. The second-order valence-electron chi connectivity index (χ2n) is 5.28. The van der Waals surface area contributed by atoms with E-state index >= 15 is 0 Å². The van der Waals surface area contributed by atoms with Gasteiger partial charge in [0.2, 0.25) is 0 Å². The Morgan fingerprint density at radius 3 is 2.69 bits per heavy atom. The second kappa shape index (κ2) is 8.08. The molecule has 1 fully saturated rings. The van der Waals surface area contributed by atoms with Gasteiger partial charge in [-0.25, -0.2) is 0 Å². The Labute approximate surface area is 101 Å². The van der Waals surface area contributed by atoms with Gasteiger partial charge in [0.15, 0.2) is 0 Å². The van der Waals surface area contributed by atoms with E-state index in [1.807, 2.05) is 0 Å². The quantitative estimate of drug-likeness (QED) is 0.673. The third-order valence-corrected chi connectivity index (χ3v) is 3.75. The summed E-state index contributed by atoms with van der Waals surface area (Å²) in [5, 5.41) is 3.40. The maximum Gasteiger partial charge on any atom is 0.0730 e. The van der Waals surface area contributed by atoms with Gasteiger partial charge >= 0.3 is 0 Å². The largest absolute Gasteiger partial charge is 0.377 e. The van der Waals surface area contributed by atoms with E-state index in [1.165, 1.54) is 44.9 Å². The van der Waals surface area contributed by atoms with Crippen molar-refractivity contribution in [1.29, 1.82) is 0 Å². The molecule has 3 atom stereocenters. The Hall–Kier alpha value is -0.0800. The van der Waals surface area contributed by atoms with E-state index in [0.717, 1.165) is 12.5 Å². The molecule has 0 aliphatic heterocycles. The van der Waals surface area contributed by atoms with Gasteiger partial charge in [0.1, 0.15) is 0 Å². The summed E-state index contributed by atoms with van der Waals surface area (Å²) in [7, 11) is 2.06. The normalized spacial score (nSPS) is 30.6. The summed E-state index contributed by atoms with van der Waals surface area (Å²) in [5.41, 5.74) is 0. The van der Waals surface area contributed by atoms with Gasteiger partial charge in [-0.05, 0) is 38.6 Å². The molecule has 1 aliphatic carbocycles. The summed E-state index contributed by atoms with van der Waals surface area (Å²) in [6.45, 7) is 5.55. The smallest absolute Gasteiger partial charge is 0.0730 e. The molecule has 2 nitrogen and oxygen atoms in total. The molecule has 1 N–H and O–H groups in total. The fourth-order valence-electron chi connectivity index (χ4n) is 2.61. The molecule has 0 radical (unpaired) electrons. The van der Waals surface area contributed by atoms with Gasteiger partial charge in [0.05, 0.1) is 6.10 Å². The molecule has 1 aliphatic rings. The summed E-state index contributed by atoms with van der Waals surface area (Å²) in [5.74, 6) is 0.838. The molecule has 2 heteroatoms. The summed E-state index contributed by atoms with van der Waals surface area (Å²) in [6, 6.07) is 0.586. The predicted molar refractivity (Wildman–Crippen MR) is 69.7 cm³/mol. The molecule has 0 bridgehead atoms. The minimum atomic E-state index is 0.454. The van der Waals surface area contributed by atoms with Crippen LogP contribution in [0.25, 0.3) is 0 Å². The molecule has 0 spiro atoms. The van der Waals surface area contributed by atoms with E-state index < -0.39 is 0 Å². The number of rotatable bonds is 7. The average Bonchev–Trinajstić information content (AvgIpc) is 2.29. The van der Waals surface area contributed by atoms with Crippen molar-refractivity contribution in [2.75, 3.05) is 13.7 Å². The Kier molecular flexibility index (Phi) is 7.06. The molecule has 0 amide bonds. The van der Waals surface area contributed by atoms with Crippen LogP contribution in [0, 0.1) is 5.92 Å². The Morgan fingerprint density at radius 2 is 2.00 bits per heavy atom. The monoisotopic (exact) mass is 227 g/mol. The highest BCUT2D eigenvalue weighted by Crippen LogP contribution is 2.26. The highest BCUT2D eigenvalue weighted by atomic mass is 16.5. The number of hydrogen-bond acceptors (Lipinski definition) is 2. The van der Waals surface area contributed by atoms with Crippen LogP contribution in [0.5, 0.6) is 0 Å². The molecular weight excluding hydrogens is 198 g/mol. The fraction of sp³-hybridized carbons (Fsp3) is 1.00. The maximum absolute atomic E-state index is 6.04. The van der Waals surface area contributed by atoms with E-state index in [0.29, 0.717) is 12.1 Å². The van der Waals surface area contributed by atoms with E-state index in [-0.39, 0.29) is 0 Å². The third kappa shape index (κ3) is 4.84. The minimum Gasteiger partial charge on any atom is -0.377 e. The molecule has 1 rings (SSSR count). The number of ether oxygens (including phenoxy) is 1. The average molecular weight is 227 g/mol. The molecule has 16 heavy (non-hydrogen) atoms. The van der Waals surface area contributed by atoms with E-state index in [2.05, 4.69) is 26.2 Å². The van der Waals surface area contributed by atoms with Crippen LogP contribution in [0.15, 0.2) is 0 Å². The molecular formula is C14H29NO. The lowest BCUT2D eigenvalue weighted by molar-refractivity contribution is -0.00720. The minimum absolute atomic E-state index is 0.454. The fourth-order valence-corrected chi connectivity index (χ4v) is 2.61. The van der Waals surface area contributed by atoms with Crippen molar-refractivity contribution in [1.82, 2.24) is 5.32 Å². The molecule has 96 valence electrons. The van der Waals surface area contributed by atoms with Crippen LogP contribution in [0.4, 0.5) is 0 Å². The SMILES string of the molecule is CCCCCCOC1CC(C)CCC1NC. The van der Waals surface area contributed by atoms with Crippen LogP contribution in [0.1, 0.15) is 58.8 Å². The van der Waals surface area contributed by atoms with Crippen LogP contribution < -0.4 is 5.32 Å². The lowest BCUT2D eigenvalue weighted by Gasteiger charge is -2.34. The highest BCUT2D eigenvalue weighted by molar-refractivity contribution is 4.83. The molecule has 0 aromatic heterocycles. The first-order chi connectivity index (χ1) is 7.77. The molecule has 0 saturated heterocycles. The van der Waals surface area contributed by atoms with Crippen molar-refractivity contribution in [2.24, 2.45) is 5.92 Å². The summed E-state index contributed by atoms with van der Waals surface area (Å²) < 4.78 is 6.04. The topological polar surface area (TPSA) is 21.3 Å². The van der Waals surface area contributed by atoms with Gasteiger partial charge in [-0.1, -0.05) is 33.1 Å². The van der Waals surface area contributed by atoms with Gasteiger partial charge in [-0.15, -0.1) is 0 Å². The van der Waals surface area contributed by atoms with Crippen molar-refractivity contribution in [2.45, 2.75) is 70.9 Å². The number of unbranched alkanes of at least 4 members (excludes halogenated alkanes) is 3. The summed E-state index contributed by atoms with van der Waals surface area (Å²) >= 11 is 0. The molecule has 1 saturated carbocycles. The lowest BCUT2D eigenvalue weighted by Crippen LogP contribution is -2.43. The standard InChI is InChI=1S/C14H29NO/c1-4-5-6-7-10-16-14-11-12(2)8-9-13(14)15-3/h12-15H,4-11H2,1-3H3. The summed E-state index contributed by atoms with van der Waals surface area (Å²) in [4.78, 5) is 0. The van der Waals surface area contributed by atoms with Crippen molar-refractivity contribution in [3.05, 3.63) is 0 Å². The summed E-state index contributed by atoms with van der Waals surface area (Å²) in [6.07, 6.45) is 9.52. The zero-order valence-corrected chi connectivity index (χ0v) is 11.3. The Bertz CT molecular complexity index is 172. The van der Waals surface area contributed by atoms with Crippen molar-refractivity contribution >= 4 is 0 Å². The number of likely N-dealkylation sites (N-methyl/N-ethyl adjacent to an activating group) is 1. The Balaban J connectivity index is 2.16. The lowest BCUT2D eigenvalue weighted by atomic mass is 9.85. The third-order valence-electron chi connectivity index (χ3n) is 3.75. The van der Waals surface area contributed by atoms with Crippen molar-refractivity contribution in [3.63, 3.8) is 0 Å². The Morgan fingerprint density at radius 1 is 1.19 bits per heavy atom. The highest BCUT2D eigenvalue weighted by Gasteiger charge is 2.27. The van der Waals surface area contributed by atoms with Gasteiger partial charge in [0.25, 0.3) is 0 Å². The van der Waals surface area contributed by atoms with Gasteiger partial charge in [0, 0.05) is 12.6 Å². The molecule has 0 aromatic carbocycles. The van der Waals surface area contributed by atoms with E-state index in [1.54, 1.807) is 0 Å². The van der Waals surface area contributed by atoms with E-state index in [9.17, 15) is 0 Å². The van der Waals surface area contributed by atoms with Crippen LogP contribution in [0.2, 0.25) is 0 Å². The van der Waals surface area contributed by atoms with E-state index in [4.69, 9.17) is 4.74 Å². The van der Waals surface area contributed by atoms with Gasteiger partial charge < -0.3 is 10.1 Å². The van der Waals surface area contributed by atoms with Gasteiger partial charge in [-0.3, -0.25) is 0 Å². The maximum atomic E-state index is 6.04. The zero-order valence-electron chi connectivity index (χ0n) is 11.3. The second-order valence-corrected chi connectivity index (χ2v) is 5.28. The molecule has 3 unspecified atom stereocenters. The van der Waals surface area contributed by atoms with Crippen molar-refractivity contribution in [3.8, 4) is 0 Å². The van der Waals surface area contributed by atoms with Crippen LogP contribution >= 0.6 is 0 Å². The zero-order chi connectivity index (χ0) is 11.8. The van der Waals surface area contributed by atoms with Crippen LogP contribution in [-0.4, -0.2) is 25.8 Å². The molecule has 0 aromatic rings. The predicted octanol–water partition coefficient (Wildman–Crippen LogP) is 3.36. The number of nitrogens with one attached hydrogen (secondary N) is 1. The van der Waals surface area contributed by atoms with Gasteiger partial charge in [-0.2, -0.15) is 0 Å². The van der Waals surface area contributed by atoms with Crippen LogP contribution in [0.3, 0.4) is 0 Å².